The molecule has 2 fully saturated rings. The molecule has 1 N–H and O–H groups in total. The van der Waals surface area contributed by atoms with Gasteiger partial charge in [0.05, 0.1) is 0 Å². The van der Waals surface area contributed by atoms with Crippen molar-refractivity contribution in [2.45, 2.75) is 38.1 Å². The van der Waals surface area contributed by atoms with Gasteiger partial charge in [-0.25, -0.2) is 0 Å². The Kier molecular flexibility index (Phi) is 3.53. The van der Waals surface area contributed by atoms with Crippen molar-refractivity contribution < 1.29 is 0 Å². The number of nitrogens with one attached hydrogen (secondary N) is 1. The normalized spacial score (nSPS) is 31.7. The minimum atomic E-state index is 0.773. The monoisotopic (exact) mass is 293 g/mol. The minimum Gasteiger partial charge on any atom is -0.313 e. The molecule has 1 saturated heterocycles. The summed E-state index contributed by atoms with van der Waals surface area (Å²) in [6, 6.07) is 9.39. The highest BCUT2D eigenvalue weighted by Crippen LogP contribution is 2.39. The molecule has 0 spiro atoms. The van der Waals surface area contributed by atoms with E-state index in [9.17, 15) is 0 Å². The fourth-order valence-electron chi connectivity index (χ4n) is 3.63. The first-order valence-corrected chi connectivity index (χ1v) is 7.60. The SMILES string of the molecule is Brc1ccccc1CCC1NCC2CCCC21. The topological polar surface area (TPSA) is 12.0 Å². The molecule has 1 aromatic rings. The lowest BCUT2D eigenvalue weighted by molar-refractivity contribution is 0.393. The summed E-state index contributed by atoms with van der Waals surface area (Å²) >= 11 is 3.64. The van der Waals surface area contributed by atoms with Gasteiger partial charge in [0.25, 0.3) is 0 Å². The fraction of sp³-hybridized carbons (Fsp3) is 0.600. The molecule has 1 heterocycles. The predicted molar refractivity (Wildman–Crippen MR) is 75.1 cm³/mol. The maximum absolute atomic E-state index is 3.73. The highest BCUT2D eigenvalue weighted by atomic mass is 79.9. The summed E-state index contributed by atoms with van der Waals surface area (Å²) in [5, 5.41) is 3.73. The fourth-order valence-corrected chi connectivity index (χ4v) is 4.11. The number of rotatable bonds is 3. The van der Waals surface area contributed by atoms with Crippen LogP contribution in [0.25, 0.3) is 0 Å². The molecule has 1 nitrogen and oxygen atoms in total. The van der Waals surface area contributed by atoms with Crippen LogP contribution in [0.15, 0.2) is 28.7 Å². The Hall–Kier alpha value is -0.340. The summed E-state index contributed by atoms with van der Waals surface area (Å²) < 4.78 is 1.26. The van der Waals surface area contributed by atoms with Crippen LogP contribution in [0, 0.1) is 11.8 Å². The van der Waals surface area contributed by atoms with Crippen molar-refractivity contribution >= 4 is 15.9 Å². The van der Waals surface area contributed by atoms with Gasteiger partial charge in [0.15, 0.2) is 0 Å². The Balaban J connectivity index is 1.60. The molecule has 3 unspecified atom stereocenters. The van der Waals surface area contributed by atoms with E-state index < -0.39 is 0 Å². The van der Waals surface area contributed by atoms with Crippen LogP contribution in [0.1, 0.15) is 31.2 Å². The molecule has 3 rings (SSSR count). The van der Waals surface area contributed by atoms with Crippen LogP contribution in [0.3, 0.4) is 0 Å². The average Bonchev–Trinajstić information content (AvgIpc) is 2.91. The molecule has 3 atom stereocenters. The van der Waals surface area contributed by atoms with Crippen molar-refractivity contribution in [3.63, 3.8) is 0 Å². The number of fused-ring (bicyclic) bond motifs is 1. The average molecular weight is 294 g/mol. The Morgan fingerprint density at radius 1 is 1.24 bits per heavy atom. The number of aryl methyl sites for hydroxylation is 1. The van der Waals surface area contributed by atoms with Crippen molar-refractivity contribution in [1.29, 1.82) is 0 Å². The maximum atomic E-state index is 3.73. The molecule has 92 valence electrons. The Morgan fingerprint density at radius 3 is 3.00 bits per heavy atom. The zero-order chi connectivity index (χ0) is 11.7. The van der Waals surface area contributed by atoms with Crippen LogP contribution in [-0.2, 0) is 6.42 Å². The van der Waals surface area contributed by atoms with Crippen molar-refractivity contribution in [3.8, 4) is 0 Å². The molecule has 0 bridgehead atoms. The molecule has 17 heavy (non-hydrogen) atoms. The van der Waals surface area contributed by atoms with E-state index in [1.165, 1.54) is 48.7 Å². The van der Waals surface area contributed by atoms with Gasteiger partial charge in [-0.2, -0.15) is 0 Å². The van der Waals surface area contributed by atoms with Gasteiger partial charge < -0.3 is 5.32 Å². The second-order valence-corrected chi connectivity index (χ2v) is 6.35. The van der Waals surface area contributed by atoms with E-state index in [1.54, 1.807) is 0 Å². The Labute approximate surface area is 112 Å². The molecule has 0 aromatic heterocycles. The van der Waals surface area contributed by atoms with Crippen molar-refractivity contribution in [2.75, 3.05) is 6.54 Å². The summed E-state index contributed by atoms with van der Waals surface area (Å²) in [6.45, 7) is 1.27. The lowest BCUT2D eigenvalue weighted by Crippen LogP contribution is -2.27. The molecule has 1 aromatic carbocycles. The van der Waals surface area contributed by atoms with Crippen molar-refractivity contribution in [2.24, 2.45) is 11.8 Å². The van der Waals surface area contributed by atoms with Gasteiger partial charge in [0.1, 0.15) is 0 Å². The van der Waals surface area contributed by atoms with Gasteiger partial charge in [-0.1, -0.05) is 40.5 Å². The van der Waals surface area contributed by atoms with Gasteiger partial charge >= 0.3 is 0 Å². The Bertz CT molecular complexity index is 390. The summed E-state index contributed by atoms with van der Waals surface area (Å²) in [4.78, 5) is 0. The van der Waals surface area contributed by atoms with Crippen LogP contribution >= 0.6 is 15.9 Å². The third-order valence-corrected chi connectivity index (χ3v) is 5.33. The Morgan fingerprint density at radius 2 is 2.12 bits per heavy atom. The van der Waals surface area contributed by atoms with E-state index in [4.69, 9.17) is 0 Å². The molecule has 2 heteroatoms. The summed E-state index contributed by atoms with van der Waals surface area (Å²) in [5.41, 5.74) is 1.45. The third-order valence-electron chi connectivity index (χ3n) is 4.56. The minimum absolute atomic E-state index is 0.773. The van der Waals surface area contributed by atoms with E-state index in [2.05, 4.69) is 45.5 Å². The number of halogens is 1. The summed E-state index contributed by atoms with van der Waals surface area (Å²) in [5.74, 6) is 1.96. The van der Waals surface area contributed by atoms with E-state index >= 15 is 0 Å². The number of hydrogen-bond donors (Lipinski definition) is 1. The second-order valence-electron chi connectivity index (χ2n) is 5.50. The smallest absolute Gasteiger partial charge is 0.0207 e. The molecule has 2 aliphatic rings. The van der Waals surface area contributed by atoms with Gasteiger partial charge in [-0.15, -0.1) is 0 Å². The highest BCUT2D eigenvalue weighted by molar-refractivity contribution is 9.10. The zero-order valence-electron chi connectivity index (χ0n) is 10.2. The standard InChI is InChI=1S/C15H20BrN/c16-14-7-2-1-4-11(14)8-9-15-13-6-3-5-12(13)10-17-15/h1-2,4,7,12-13,15,17H,3,5-6,8-10H2. The van der Waals surface area contributed by atoms with Crippen molar-refractivity contribution in [1.82, 2.24) is 5.32 Å². The quantitative estimate of drug-likeness (QED) is 0.895. The first-order valence-electron chi connectivity index (χ1n) is 6.81. The number of benzene rings is 1. The first kappa shape index (κ1) is 11.7. The molecule has 1 saturated carbocycles. The van der Waals surface area contributed by atoms with Crippen molar-refractivity contribution in [3.05, 3.63) is 34.3 Å². The van der Waals surface area contributed by atoms with E-state index in [1.807, 2.05) is 0 Å². The summed E-state index contributed by atoms with van der Waals surface area (Å²) in [7, 11) is 0. The molecule has 1 aliphatic carbocycles. The number of hydrogen-bond acceptors (Lipinski definition) is 1. The third kappa shape index (κ3) is 2.43. The zero-order valence-corrected chi connectivity index (χ0v) is 11.7. The van der Waals surface area contributed by atoms with Crippen LogP contribution in [-0.4, -0.2) is 12.6 Å². The molecular formula is C15H20BrN. The highest BCUT2D eigenvalue weighted by Gasteiger charge is 2.38. The molecule has 0 radical (unpaired) electrons. The van der Waals surface area contributed by atoms with Gasteiger partial charge in [-0.3, -0.25) is 0 Å². The van der Waals surface area contributed by atoms with Crippen LogP contribution in [0.4, 0.5) is 0 Å². The van der Waals surface area contributed by atoms with Crippen LogP contribution in [0.5, 0.6) is 0 Å². The van der Waals surface area contributed by atoms with Gasteiger partial charge in [-0.05, 0) is 55.7 Å². The van der Waals surface area contributed by atoms with E-state index in [0.29, 0.717) is 0 Å². The predicted octanol–water partition coefficient (Wildman–Crippen LogP) is 3.77. The molecular weight excluding hydrogens is 274 g/mol. The second kappa shape index (κ2) is 5.11. The van der Waals surface area contributed by atoms with Crippen LogP contribution < -0.4 is 5.32 Å². The van der Waals surface area contributed by atoms with E-state index in [-0.39, 0.29) is 0 Å². The van der Waals surface area contributed by atoms with E-state index in [0.717, 1.165) is 17.9 Å². The summed E-state index contributed by atoms with van der Waals surface area (Å²) in [6.07, 6.45) is 6.87. The largest absolute Gasteiger partial charge is 0.313 e. The molecule has 1 aliphatic heterocycles. The van der Waals surface area contributed by atoms with Gasteiger partial charge in [0, 0.05) is 10.5 Å². The van der Waals surface area contributed by atoms with Crippen LogP contribution in [0.2, 0.25) is 0 Å². The lowest BCUT2D eigenvalue weighted by Gasteiger charge is -2.18. The maximum Gasteiger partial charge on any atom is 0.0207 e. The van der Waals surface area contributed by atoms with Gasteiger partial charge in [0.2, 0.25) is 0 Å². The molecule has 0 amide bonds. The lowest BCUT2D eigenvalue weighted by atomic mass is 9.90. The first-order chi connectivity index (χ1) is 8.34.